The number of para-hydroxylation sites is 1. The molecule has 0 saturated heterocycles. The van der Waals surface area contributed by atoms with Gasteiger partial charge in [-0.1, -0.05) is 38.1 Å². The van der Waals surface area contributed by atoms with E-state index in [4.69, 9.17) is 9.05 Å². The Morgan fingerprint density at radius 3 is 2.39 bits per heavy atom. The predicted octanol–water partition coefficient (Wildman–Crippen LogP) is 5.12. The van der Waals surface area contributed by atoms with Crippen LogP contribution in [0.25, 0.3) is 0 Å². The van der Waals surface area contributed by atoms with Crippen molar-refractivity contribution in [3.63, 3.8) is 0 Å². The largest absolute Gasteiger partial charge is 0.454 e. The molecule has 4 heteroatoms. The lowest BCUT2D eigenvalue weighted by Crippen LogP contribution is -1.92. The molecule has 0 aliphatic carbocycles. The van der Waals surface area contributed by atoms with Gasteiger partial charge in [-0.25, -0.2) is 4.57 Å². The zero-order valence-corrected chi connectivity index (χ0v) is 11.7. The Hall–Kier alpha value is -1.47. The van der Waals surface area contributed by atoms with E-state index in [2.05, 4.69) is 0 Å². The van der Waals surface area contributed by atoms with E-state index in [1.807, 2.05) is 32.0 Å². The van der Waals surface area contributed by atoms with Gasteiger partial charge in [0.05, 0.1) is 6.26 Å². The Balaban J connectivity index is 2.80. The summed E-state index contributed by atoms with van der Waals surface area (Å²) in [6.07, 6.45) is 6.61. The summed E-state index contributed by atoms with van der Waals surface area (Å²) in [4.78, 5) is 0. The molecule has 0 N–H and O–H groups in total. The molecule has 0 spiro atoms. The van der Waals surface area contributed by atoms with Crippen molar-refractivity contribution < 1.29 is 13.6 Å². The number of hydrogen-bond donors (Lipinski definition) is 0. The lowest BCUT2D eigenvalue weighted by Gasteiger charge is -2.14. The topological polar surface area (TPSA) is 35.5 Å². The van der Waals surface area contributed by atoms with Crippen molar-refractivity contribution in [3.8, 4) is 5.75 Å². The maximum absolute atomic E-state index is 12.4. The molecular formula is C14H19O3P. The van der Waals surface area contributed by atoms with E-state index in [1.165, 1.54) is 12.1 Å². The Labute approximate surface area is 109 Å². The molecule has 1 rings (SSSR count). The monoisotopic (exact) mass is 266 g/mol. The van der Waals surface area contributed by atoms with E-state index in [0.717, 1.165) is 12.8 Å². The first-order valence-corrected chi connectivity index (χ1v) is 7.67. The van der Waals surface area contributed by atoms with Crippen molar-refractivity contribution >= 4 is 7.60 Å². The third kappa shape index (κ3) is 5.24. The van der Waals surface area contributed by atoms with Gasteiger partial charge >= 0.3 is 7.60 Å². The molecule has 1 atom stereocenters. The van der Waals surface area contributed by atoms with E-state index >= 15 is 0 Å². The van der Waals surface area contributed by atoms with Gasteiger partial charge < -0.3 is 9.05 Å². The van der Waals surface area contributed by atoms with Crippen molar-refractivity contribution in [1.82, 2.24) is 0 Å². The normalized spacial score (nSPS) is 14.8. The van der Waals surface area contributed by atoms with E-state index in [1.54, 1.807) is 24.3 Å². The van der Waals surface area contributed by atoms with E-state index in [0.29, 0.717) is 5.75 Å². The highest BCUT2D eigenvalue weighted by atomic mass is 31.2. The molecule has 3 nitrogen and oxygen atoms in total. The van der Waals surface area contributed by atoms with E-state index in [9.17, 15) is 4.57 Å². The summed E-state index contributed by atoms with van der Waals surface area (Å²) in [5.74, 6) is 2.03. The highest BCUT2D eigenvalue weighted by molar-refractivity contribution is 7.57. The zero-order valence-electron chi connectivity index (χ0n) is 10.8. The van der Waals surface area contributed by atoms with Crippen molar-refractivity contribution in [2.24, 2.45) is 0 Å². The van der Waals surface area contributed by atoms with Gasteiger partial charge in [-0.2, -0.15) is 0 Å². The Bertz CT molecular complexity index is 438. The summed E-state index contributed by atoms with van der Waals surface area (Å²) < 4.78 is 23.1. The van der Waals surface area contributed by atoms with Crippen LogP contribution in [0.3, 0.4) is 0 Å². The second-order valence-corrected chi connectivity index (χ2v) is 5.39. The zero-order chi connectivity index (χ0) is 13.3. The molecule has 1 unspecified atom stereocenters. The quantitative estimate of drug-likeness (QED) is 0.507. The summed E-state index contributed by atoms with van der Waals surface area (Å²) in [6, 6.07) is 9.02. The number of hydrogen-bond acceptors (Lipinski definition) is 3. The first-order chi connectivity index (χ1) is 8.70. The third-order valence-corrected chi connectivity index (χ3v) is 3.50. The molecule has 1 aromatic carbocycles. The van der Waals surface area contributed by atoms with Gasteiger partial charge in [-0.15, -0.1) is 0 Å². The second-order valence-electron chi connectivity index (χ2n) is 3.62. The summed E-state index contributed by atoms with van der Waals surface area (Å²) in [5, 5.41) is 0. The molecule has 0 saturated carbocycles. The van der Waals surface area contributed by atoms with Crippen LogP contribution in [0.4, 0.5) is 0 Å². The van der Waals surface area contributed by atoms with Crippen molar-refractivity contribution in [3.05, 3.63) is 54.6 Å². The van der Waals surface area contributed by atoms with Crippen LogP contribution in [0.15, 0.2) is 54.6 Å². The van der Waals surface area contributed by atoms with Crippen LogP contribution in [0.2, 0.25) is 0 Å². The smallest absolute Gasteiger partial charge is 0.421 e. The van der Waals surface area contributed by atoms with Gasteiger partial charge in [0.15, 0.2) is 0 Å². The fourth-order valence-electron chi connectivity index (χ4n) is 1.17. The van der Waals surface area contributed by atoms with Crippen LogP contribution in [-0.4, -0.2) is 0 Å². The predicted molar refractivity (Wildman–Crippen MR) is 74.6 cm³/mol. The molecule has 0 fully saturated rings. The fourth-order valence-corrected chi connectivity index (χ4v) is 2.49. The molecule has 0 heterocycles. The standard InChI is InChI=1S/C14H19O3P/c1-3-5-12-16-18(15,13-6-4-2)17-14-10-8-7-9-11-14/h5-13H,3-4H2,1-2H3. The maximum Gasteiger partial charge on any atom is 0.454 e. The van der Waals surface area contributed by atoms with Crippen LogP contribution in [-0.2, 0) is 9.09 Å². The summed E-state index contributed by atoms with van der Waals surface area (Å²) in [5.41, 5.74) is 0. The van der Waals surface area contributed by atoms with Crippen molar-refractivity contribution in [2.45, 2.75) is 26.7 Å². The first-order valence-electron chi connectivity index (χ1n) is 6.05. The highest BCUT2D eigenvalue weighted by Gasteiger charge is 2.21. The lowest BCUT2D eigenvalue weighted by atomic mass is 10.3. The Kier molecular flexibility index (Phi) is 6.31. The van der Waals surface area contributed by atoms with Crippen LogP contribution >= 0.6 is 7.60 Å². The molecule has 0 amide bonds. The molecule has 98 valence electrons. The molecule has 0 aliphatic heterocycles. The molecule has 0 bridgehead atoms. The third-order valence-electron chi connectivity index (χ3n) is 2.04. The van der Waals surface area contributed by atoms with Gasteiger partial charge in [-0.3, -0.25) is 0 Å². The van der Waals surface area contributed by atoms with Gasteiger partial charge in [-0.05, 0) is 31.1 Å². The van der Waals surface area contributed by atoms with Crippen LogP contribution in [0.1, 0.15) is 26.7 Å². The lowest BCUT2D eigenvalue weighted by molar-refractivity contribution is 0.365. The Morgan fingerprint density at radius 1 is 1.11 bits per heavy atom. The molecule has 18 heavy (non-hydrogen) atoms. The van der Waals surface area contributed by atoms with Crippen molar-refractivity contribution in [2.75, 3.05) is 0 Å². The van der Waals surface area contributed by atoms with Crippen LogP contribution in [0.5, 0.6) is 5.75 Å². The molecule has 0 radical (unpaired) electrons. The van der Waals surface area contributed by atoms with Gasteiger partial charge in [0.25, 0.3) is 0 Å². The summed E-state index contributed by atoms with van der Waals surface area (Å²) in [6.45, 7) is 3.94. The summed E-state index contributed by atoms with van der Waals surface area (Å²) >= 11 is 0. The fraction of sp³-hybridized carbons (Fsp3) is 0.286. The Morgan fingerprint density at radius 2 is 1.78 bits per heavy atom. The molecule has 0 aromatic heterocycles. The van der Waals surface area contributed by atoms with Crippen LogP contribution < -0.4 is 4.52 Å². The minimum absolute atomic E-state index is 0.534. The maximum atomic E-state index is 12.4. The average Bonchev–Trinajstić information content (AvgIpc) is 2.38. The highest BCUT2D eigenvalue weighted by Crippen LogP contribution is 2.50. The van der Waals surface area contributed by atoms with E-state index < -0.39 is 7.60 Å². The van der Waals surface area contributed by atoms with Gasteiger partial charge in [0.1, 0.15) is 5.75 Å². The SMILES string of the molecule is CCC=COP(=O)(C=CCC)Oc1ccccc1. The molecule has 0 aliphatic rings. The second kappa shape index (κ2) is 7.78. The minimum atomic E-state index is -3.25. The molecule has 1 aromatic rings. The van der Waals surface area contributed by atoms with Gasteiger partial charge in [0.2, 0.25) is 0 Å². The number of rotatable bonds is 7. The first kappa shape index (κ1) is 14.6. The van der Waals surface area contributed by atoms with E-state index in [-0.39, 0.29) is 0 Å². The minimum Gasteiger partial charge on any atom is -0.421 e. The van der Waals surface area contributed by atoms with Crippen LogP contribution in [0, 0.1) is 0 Å². The van der Waals surface area contributed by atoms with Crippen molar-refractivity contribution in [1.29, 1.82) is 0 Å². The molecular weight excluding hydrogens is 247 g/mol. The number of benzene rings is 1. The number of allylic oxidation sites excluding steroid dienone is 2. The average molecular weight is 266 g/mol. The summed E-state index contributed by atoms with van der Waals surface area (Å²) in [7, 11) is -3.25. The van der Waals surface area contributed by atoms with Gasteiger partial charge in [0, 0.05) is 5.82 Å².